The van der Waals surface area contributed by atoms with Crippen molar-refractivity contribution < 1.29 is 4.39 Å². The summed E-state index contributed by atoms with van der Waals surface area (Å²) in [5, 5.41) is 3.15. The van der Waals surface area contributed by atoms with Gasteiger partial charge in [0.2, 0.25) is 0 Å². The molecule has 3 aromatic rings. The zero-order valence-electron chi connectivity index (χ0n) is 16.0. The number of halogens is 1. The molecule has 1 atom stereocenters. The van der Waals surface area contributed by atoms with E-state index in [1.54, 1.807) is 24.5 Å². The fourth-order valence-electron chi connectivity index (χ4n) is 3.76. The van der Waals surface area contributed by atoms with Crippen LogP contribution in [0, 0.1) is 5.82 Å². The van der Waals surface area contributed by atoms with Gasteiger partial charge in [-0.1, -0.05) is 12.1 Å². The SMILES string of the molecule is CNc1cc([C@H]2CCCN(Cc3cccc(F)c3)C2)nc(-c2cccnc2)n1. The van der Waals surface area contributed by atoms with Gasteiger partial charge < -0.3 is 5.32 Å². The number of piperidine rings is 1. The first-order valence-electron chi connectivity index (χ1n) is 9.65. The summed E-state index contributed by atoms with van der Waals surface area (Å²) in [5.74, 6) is 1.65. The summed E-state index contributed by atoms with van der Waals surface area (Å²) in [6.45, 7) is 2.68. The minimum atomic E-state index is -0.179. The van der Waals surface area contributed by atoms with Crippen molar-refractivity contribution in [2.75, 3.05) is 25.5 Å². The highest BCUT2D eigenvalue weighted by Crippen LogP contribution is 2.29. The van der Waals surface area contributed by atoms with Crippen molar-refractivity contribution in [1.82, 2.24) is 19.9 Å². The van der Waals surface area contributed by atoms with Gasteiger partial charge in [0.15, 0.2) is 5.82 Å². The highest BCUT2D eigenvalue weighted by molar-refractivity contribution is 5.56. The van der Waals surface area contributed by atoms with Gasteiger partial charge in [-0.05, 0) is 49.2 Å². The number of rotatable bonds is 5. The molecule has 1 saturated heterocycles. The molecule has 0 unspecified atom stereocenters. The highest BCUT2D eigenvalue weighted by atomic mass is 19.1. The molecule has 0 amide bonds. The lowest BCUT2D eigenvalue weighted by atomic mass is 9.94. The molecule has 0 aliphatic carbocycles. The molecule has 1 aliphatic rings. The molecule has 6 heteroatoms. The van der Waals surface area contributed by atoms with Gasteiger partial charge in [-0.3, -0.25) is 9.88 Å². The Hall–Kier alpha value is -2.86. The van der Waals surface area contributed by atoms with E-state index in [9.17, 15) is 4.39 Å². The van der Waals surface area contributed by atoms with E-state index in [4.69, 9.17) is 4.98 Å². The second-order valence-electron chi connectivity index (χ2n) is 7.20. The standard InChI is InChI=1S/C22H24FN5/c1-24-21-12-20(26-22(27-21)17-6-3-9-25-13-17)18-7-4-10-28(15-18)14-16-5-2-8-19(23)11-16/h2-3,5-6,8-9,11-13,18H,4,7,10,14-15H2,1H3,(H,24,26,27)/t18-/m0/s1. The summed E-state index contributed by atoms with van der Waals surface area (Å²) in [4.78, 5) is 16.0. The van der Waals surface area contributed by atoms with Crippen molar-refractivity contribution in [2.45, 2.75) is 25.3 Å². The van der Waals surface area contributed by atoms with Crippen LogP contribution in [0.1, 0.15) is 30.0 Å². The van der Waals surface area contributed by atoms with E-state index in [2.05, 4.69) is 20.2 Å². The molecule has 28 heavy (non-hydrogen) atoms. The average Bonchev–Trinajstić information content (AvgIpc) is 2.74. The van der Waals surface area contributed by atoms with Gasteiger partial charge in [-0.15, -0.1) is 0 Å². The fraction of sp³-hybridized carbons (Fsp3) is 0.318. The van der Waals surface area contributed by atoms with Crippen molar-refractivity contribution in [3.05, 3.63) is 71.9 Å². The van der Waals surface area contributed by atoms with Crippen molar-refractivity contribution in [1.29, 1.82) is 0 Å². The Balaban J connectivity index is 1.56. The predicted molar refractivity (Wildman–Crippen MR) is 108 cm³/mol. The molecule has 0 spiro atoms. The quantitative estimate of drug-likeness (QED) is 0.726. The first-order chi connectivity index (χ1) is 13.7. The third-order valence-corrected chi connectivity index (χ3v) is 5.14. The maximum Gasteiger partial charge on any atom is 0.163 e. The van der Waals surface area contributed by atoms with Gasteiger partial charge in [0.1, 0.15) is 11.6 Å². The van der Waals surface area contributed by atoms with E-state index in [0.717, 1.165) is 55.1 Å². The molecule has 144 valence electrons. The highest BCUT2D eigenvalue weighted by Gasteiger charge is 2.24. The Morgan fingerprint density at radius 3 is 2.89 bits per heavy atom. The molecule has 5 nitrogen and oxygen atoms in total. The van der Waals surface area contributed by atoms with Crippen LogP contribution < -0.4 is 5.32 Å². The van der Waals surface area contributed by atoms with E-state index in [1.807, 2.05) is 31.3 Å². The third kappa shape index (κ3) is 4.34. The summed E-state index contributed by atoms with van der Waals surface area (Å²) in [7, 11) is 1.87. The second-order valence-corrected chi connectivity index (χ2v) is 7.20. The number of pyridine rings is 1. The Morgan fingerprint density at radius 1 is 1.18 bits per heavy atom. The summed E-state index contributed by atoms with van der Waals surface area (Å²) in [6.07, 6.45) is 5.72. The van der Waals surface area contributed by atoms with Crippen LogP contribution in [-0.2, 0) is 6.54 Å². The summed E-state index contributed by atoms with van der Waals surface area (Å²) in [6, 6.07) is 12.8. The lowest BCUT2D eigenvalue weighted by Crippen LogP contribution is -2.34. The molecular formula is C22H24FN5. The molecular weight excluding hydrogens is 353 g/mol. The molecule has 2 aromatic heterocycles. The molecule has 3 heterocycles. The molecule has 1 aliphatic heterocycles. The number of nitrogens with zero attached hydrogens (tertiary/aromatic N) is 4. The Kier molecular flexibility index (Phi) is 5.58. The predicted octanol–water partition coefficient (Wildman–Crippen LogP) is 4.10. The first kappa shape index (κ1) is 18.5. The van der Waals surface area contributed by atoms with Gasteiger partial charge in [-0.25, -0.2) is 14.4 Å². The van der Waals surface area contributed by atoms with E-state index in [0.29, 0.717) is 11.7 Å². The lowest BCUT2D eigenvalue weighted by molar-refractivity contribution is 0.198. The molecule has 1 fully saturated rings. The molecule has 1 aromatic carbocycles. The van der Waals surface area contributed by atoms with E-state index in [1.165, 1.54) is 6.07 Å². The fourth-order valence-corrected chi connectivity index (χ4v) is 3.76. The molecule has 0 bridgehead atoms. The Bertz CT molecular complexity index is 931. The van der Waals surface area contributed by atoms with E-state index >= 15 is 0 Å². The lowest BCUT2D eigenvalue weighted by Gasteiger charge is -2.32. The smallest absolute Gasteiger partial charge is 0.163 e. The van der Waals surface area contributed by atoms with E-state index < -0.39 is 0 Å². The van der Waals surface area contributed by atoms with Gasteiger partial charge >= 0.3 is 0 Å². The summed E-state index contributed by atoms with van der Waals surface area (Å²) < 4.78 is 13.5. The van der Waals surface area contributed by atoms with Crippen LogP contribution >= 0.6 is 0 Å². The molecule has 0 saturated carbocycles. The van der Waals surface area contributed by atoms with Crippen molar-refractivity contribution >= 4 is 5.82 Å². The zero-order chi connectivity index (χ0) is 19.3. The number of benzene rings is 1. The maximum absolute atomic E-state index is 13.5. The van der Waals surface area contributed by atoms with Crippen molar-refractivity contribution in [2.24, 2.45) is 0 Å². The van der Waals surface area contributed by atoms with Crippen LogP contribution in [0.2, 0.25) is 0 Å². The second kappa shape index (κ2) is 8.44. The molecule has 4 rings (SSSR count). The largest absolute Gasteiger partial charge is 0.373 e. The number of hydrogen-bond donors (Lipinski definition) is 1. The maximum atomic E-state index is 13.5. The van der Waals surface area contributed by atoms with Crippen LogP contribution in [0.3, 0.4) is 0 Å². The van der Waals surface area contributed by atoms with E-state index in [-0.39, 0.29) is 5.82 Å². The number of nitrogens with one attached hydrogen (secondary N) is 1. The number of aromatic nitrogens is 3. The zero-order valence-corrected chi connectivity index (χ0v) is 16.0. The molecule has 1 N–H and O–H groups in total. The first-order valence-corrected chi connectivity index (χ1v) is 9.65. The normalized spacial score (nSPS) is 17.4. The third-order valence-electron chi connectivity index (χ3n) is 5.14. The minimum absolute atomic E-state index is 0.179. The number of likely N-dealkylation sites (tertiary alicyclic amines) is 1. The monoisotopic (exact) mass is 377 g/mol. The minimum Gasteiger partial charge on any atom is -0.373 e. The summed E-state index contributed by atoms with van der Waals surface area (Å²) in [5.41, 5.74) is 2.96. The molecule has 0 radical (unpaired) electrons. The van der Waals surface area contributed by atoms with Crippen LogP contribution in [0.5, 0.6) is 0 Å². The van der Waals surface area contributed by atoms with Crippen LogP contribution in [-0.4, -0.2) is 40.0 Å². The Labute approximate surface area is 164 Å². The topological polar surface area (TPSA) is 53.9 Å². The van der Waals surface area contributed by atoms with Crippen molar-refractivity contribution in [3.8, 4) is 11.4 Å². The van der Waals surface area contributed by atoms with Crippen LogP contribution in [0.25, 0.3) is 11.4 Å². The number of hydrogen-bond acceptors (Lipinski definition) is 5. The van der Waals surface area contributed by atoms with Gasteiger partial charge in [0, 0.05) is 50.1 Å². The van der Waals surface area contributed by atoms with Gasteiger partial charge in [0.25, 0.3) is 0 Å². The number of anilines is 1. The van der Waals surface area contributed by atoms with Gasteiger partial charge in [-0.2, -0.15) is 0 Å². The van der Waals surface area contributed by atoms with Crippen molar-refractivity contribution in [3.63, 3.8) is 0 Å². The van der Waals surface area contributed by atoms with Gasteiger partial charge in [0.05, 0.1) is 5.69 Å². The van der Waals surface area contributed by atoms with Crippen LogP contribution in [0.4, 0.5) is 10.2 Å². The Morgan fingerprint density at radius 2 is 2.11 bits per heavy atom. The van der Waals surface area contributed by atoms with Crippen LogP contribution in [0.15, 0.2) is 54.9 Å². The average molecular weight is 377 g/mol. The summed E-state index contributed by atoms with van der Waals surface area (Å²) >= 11 is 0.